The summed E-state index contributed by atoms with van der Waals surface area (Å²) in [6.45, 7) is 9.67. The highest BCUT2D eigenvalue weighted by Gasteiger charge is 2.33. The van der Waals surface area contributed by atoms with E-state index in [9.17, 15) is 0 Å². The lowest BCUT2D eigenvalue weighted by molar-refractivity contribution is -0.0945. The molecule has 0 saturated carbocycles. The molecule has 1 unspecified atom stereocenters. The highest BCUT2D eigenvalue weighted by molar-refractivity contribution is 5.80. The number of rotatable bonds is 6. The Labute approximate surface area is 157 Å². The van der Waals surface area contributed by atoms with Crippen LogP contribution in [0.15, 0.2) is 29.3 Å². The van der Waals surface area contributed by atoms with Gasteiger partial charge in [-0.2, -0.15) is 0 Å². The molecule has 0 aliphatic carbocycles. The molecule has 1 aromatic rings. The monoisotopic (exact) mass is 360 g/mol. The molecule has 2 saturated heterocycles. The minimum atomic E-state index is 0.196. The molecule has 0 radical (unpaired) electrons. The van der Waals surface area contributed by atoms with E-state index in [2.05, 4.69) is 47.6 Å². The molecular formula is C20H32N4O2. The number of piperidine rings is 1. The highest BCUT2D eigenvalue weighted by Crippen LogP contribution is 2.27. The van der Waals surface area contributed by atoms with Crippen LogP contribution in [-0.4, -0.2) is 58.5 Å². The largest absolute Gasteiger partial charge is 0.497 e. The van der Waals surface area contributed by atoms with Gasteiger partial charge in [-0.15, -0.1) is 0 Å². The molecule has 2 fully saturated rings. The van der Waals surface area contributed by atoms with Gasteiger partial charge in [0.1, 0.15) is 5.75 Å². The minimum Gasteiger partial charge on any atom is -0.497 e. The van der Waals surface area contributed by atoms with Crippen LogP contribution in [0.2, 0.25) is 0 Å². The van der Waals surface area contributed by atoms with Crippen molar-refractivity contribution in [2.75, 3.05) is 51.4 Å². The number of anilines is 1. The number of aliphatic imine (C=N–C) groups is 1. The van der Waals surface area contributed by atoms with Crippen LogP contribution < -0.4 is 20.3 Å². The average molecular weight is 361 g/mol. The van der Waals surface area contributed by atoms with Crippen molar-refractivity contribution in [3.05, 3.63) is 24.3 Å². The first-order valence-electron chi connectivity index (χ1n) is 9.63. The molecule has 26 heavy (non-hydrogen) atoms. The number of guanidine groups is 1. The van der Waals surface area contributed by atoms with E-state index in [0.717, 1.165) is 57.5 Å². The lowest BCUT2D eigenvalue weighted by atomic mass is 9.89. The summed E-state index contributed by atoms with van der Waals surface area (Å²) in [5.41, 5.74) is 1.42. The highest BCUT2D eigenvalue weighted by atomic mass is 16.5. The minimum absolute atomic E-state index is 0.196. The fourth-order valence-corrected chi connectivity index (χ4v) is 3.46. The molecule has 0 aromatic heterocycles. The Bertz CT molecular complexity index is 616. The van der Waals surface area contributed by atoms with E-state index in [4.69, 9.17) is 14.5 Å². The maximum Gasteiger partial charge on any atom is 0.191 e. The number of hydrogen-bond acceptors (Lipinski definition) is 4. The molecule has 2 N–H and O–H groups in total. The third kappa shape index (κ3) is 4.81. The van der Waals surface area contributed by atoms with Crippen LogP contribution >= 0.6 is 0 Å². The van der Waals surface area contributed by atoms with Crippen LogP contribution in [0.5, 0.6) is 5.75 Å². The normalized spacial score (nSPS) is 22.5. The molecule has 6 nitrogen and oxygen atoms in total. The summed E-state index contributed by atoms with van der Waals surface area (Å²) >= 11 is 0. The van der Waals surface area contributed by atoms with Gasteiger partial charge in [0.15, 0.2) is 5.96 Å². The van der Waals surface area contributed by atoms with Crippen molar-refractivity contribution in [3.63, 3.8) is 0 Å². The van der Waals surface area contributed by atoms with E-state index in [0.29, 0.717) is 6.04 Å². The molecule has 0 amide bonds. The number of methoxy groups -OCH3 is 1. The van der Waals surface area contributed by atoms with Crippen molar-refractivity contribution in [1.29, 1.82) is 0 Å². The quantitative estimate of drug-likeness (QED) is 0.602. The first-order valence-corrected chi connectivity index (χ1v) is 9.63. The first kappa shape index (κ1) is 18.8. The molecule has 1 atom stereocenters. The van der Waals surface area contributed by atoms with Gasteiger partial charge in [0.2, 0.25) is 0 Å². The Morgan fingerprint density at radius 3 is 2.96 bits per heavy atom. The van der Waals surface area contributed by atoms with Crippen LogP contribution in [0.25, 0.3) is 0 Å². The van der Waals surface area contributed by atoms with E-state index in [1.165, 1.54) is 12.1 Å². The zero-order valence-electron chi connectivity index (χ0n) is 16.3. The van der Waals surface area contributed by atoms with Gasteiger partial charge in [-0.25, -0.2) is 0 Å². The van der Waals surface area contributed by atoms with Crippen LogP contribution in [0.1, 0.15) is 26.7 Å². The molecule has 2 aliphatic heterocycles. The fourth-order valence-electron chi connectivity index (χ4n) is 3.46. The van der Waals surface area contributed by atoms with E-state index in [1.54, 1.807) is 7.11 Å². The Morgan fingerprint density at radius 2 is 2.27 bits per heavy atom. The molecular weight excluding hydrogens is 328 g/mol. The summed E-state index contributed by atoms with van der Waals surface area (Å²) in [5.74, 6) is 1.82. The number of ether oxygens (including phenoxy) is 2. The molecule has 2 heterocycles. The Kier molecular flexibility index (Phi) is 6.25. The van der Waals surface area contributed by atoms with E-state index >= 15 is 0 Å². The number of hydrogen-bond donors (Lipinski definition) is 2. The third-order valence-corrected chi connectivity index (χ3v) is 5.04. The zero-order chi connectivity index (χ0) is 18.4. The van der Waals surface area contributed by atoms with Gasteiger partial charge in [0.05, 0.1) is 26.9 Å². The van der Waals surface area contributed by atoms with E-state index in [1.807, 2.05) is 6.07 Å². The fraction of sp³-hybridized carbons (Fsp3) is 0.650. The second kappa shape index (κ2) is 8.62. The molecule has 1 aromatic carbocycles. The Balaban J connectivity index is 1.61. The third-order valence-electron chi connectivity index (χ3n) is 5.04. The number of nitrogens with one attached hydrogen (secondary N) is 2. The van der Waals surface area contributed by atoms with Crippen molar-refractivity contribution >= 4 is 11.6 Å². The molecule has 3 rings (SSSR count). The SMILES string of the molecule is CCNC(=NCC1(C)COC1)NC1CCCN(c2cccc(OC)c2)C1. The summed E-state index contributed by atoms with van der Waals surface area (Å²) in [6, 6.07) is 8.70. The van der Waals surface area contributed by atoms with Crippen molar-refractivity contribution in [2.24, 2.45) is 10.4 Å². The van der Waals surface area contributed by atoms with Crippen LogP contribution in [0.3, 0.4) is 0 Å². The molecule has 6 heteroatoms. The lowest BCUT2D eigenvalue weighted by Crippen LogP contribution is -2.52. The van der Waals surface area contributed by atoms with Gasteiger partial charge in [0.25, 0.3) is 0 Å². The Hall–Kier alpha value is -1.95. The van der Waals surface area contributed by atoms with Gasteiger partial charge >= 0.3 is 0 Å². The van der Waals surface area contributed by atoms with Gasteiger partial charge in [-0.3, -0.25) is 4.99 Å². The number of benzene rings is 1. The van der Waals surface area contributed by atoms with E-state index < -0.39 is 0 Å². The maximum atomic E-state index is 5.37. The van der Waals surface area contributed by atoms with Crippen LogP contribution in [0.4, 0.5) is 5.69 Å². The standard InChI is InChI=1S/C20H32N4O2/c1-4-21-19(22-13-20(2)14-26-15-20)23-16-7-6-10-24(12-16)17-8-5-9-18(11-17)25-3/h5,8-9,11,16H,4,6-7,10,12-15H2,1-3H3,(H2,21,22,23). The summed E-state index contributed by atoms with van der Waals surface area (Å²) in [7, 11) is 1.71. The number of nitrogens with zero attached hydrogens (tertiary/aromatic N) is 2. The summed E-state index contributed by atoms with van der Waals surface area (Å²) in [6.07, 6.45) is 2.32. The molecule has 144 valence electrons. The topological polar surface area (TPSA) is 58.1 Å². The van der Waals surface area contributed by atoms with Crippen molar-refractivity contribution in [1.82, 2.24) is 10.6 Å². The summed E-state index contributed by atoms with van der Waals surface area (Å²) < 4.78 is 10.7. The lowest BCUT2D eigenvalue weighted by Gasteiger charge is -2.37. The predicted octanol–water partition coefficient (Wildman–Crippen LogP) is 2.26. The van der Waals surface area contributed by atoms with Gasteiger partial charge in [0, 0.05) is 42.8 Å². The van der Waals surface area contributed by atoms with Crippen LogP contribution in [-0.2, 0) is 4.74 Å². The summed E-state index contributed by atoms with van der Waals surface area (Å²) in [4.78, 5) is 7.23. The Morgan fingerprint density at radius 1 is 1.42 bits per heavy atom. The van der Waals surface area contributed by atoms with Gasteiger partial charge in [-0.1, -0.05) is 13.0 Å². The molecule has 2 aliphatic rings. The smallest absolute Gasteiger partial charge is 0.191 e. The summed E-state index contributed by atoms with van der Waals surface area (Å²) in [5, 5.41) is 7.01. The second-order valence-electron chi connectivity index (χ2n) is 7.63. The van der Waals surface area contributed by atoms with Crippen molar-refractivity contribution < 1.29 is 9.47 Å². The first-order chi connectivity index (χ1) is 12.6. The van der Waals surface area contributed by atoms with Crippen molar-refractivity contribution in [3.8, 4) is 5.75 Å². The van der Waals surface area contributed by atoms with Gasteiger partial charge in [-0.05, 0) is 31.9 Å². The van der Waals surface area contributed by atoms with E-state index in [-0.39, 0.29) is 5.41 Å². The van der Waals surface area contributed by atoms with Crippen molar-refractivity contribution in [2.45, 2.75) is 32.7 Å². The average Bonchev–Trinajstić information content (AvgIpc) is 2.65. The molecule has 0 bridgehead atoms. The van der Waals surface area contributed by atoms with Gasteiger partial charge < -0.3 is 25.0 Å². The van der Waals surface area contributed by atoms with Crippen LogP contribution in [0, 0.1) is 5.41 Å². The zero-order valence-corrected chi connectivity index (χ0v) is 16.3. The molecule has 0 spiro atoms. The second-order valence-corrected chi connectivity index (χ2v) is 7.63. The predicted molar refractivity (Wildman–Crippen MR) is 106 cm³/mol. The maximum absolute atomic E-state index is 5.37.